The van der Waals surface area contributed by atoms with E-state index in [1.165, 1.54) is 6.92 Å². The number of esters is 1. The Morgan fingerprint density at radius 2 is 1.95 bits per heavy atom. The fraction of sp³-hybridized carbons (Fsp3) is 0.857. The van der Waals surface area contributed by atoms with E-state index in [0.29, 0.717) is 13.2 Å². The van der Waals surface area contributed by atoms with Crippen molar-refractivity contribution in [3.63, 3.8) is 0 Å². The predicted molar refractivity (Wildman–Crippen MR) is 69.6 cm³/mol. The molecular weight excluding hydrogens is 246 g/mol. The second-order valence-electron chi connectivity index (χ2n) is 6.72. The zero-order chi connectivity index (χ0) is 14.3. The predicted octanol–water partition coefficient (Wildman–Crippen LogP) is 2.20. The molecule has 0 radical (unpaired) electrons. The van der Waals surface area contributed by atoms with E-state index in [4.69, 9.17) is 9.47 Å². The van der Waals surface area contributed by atoms with Crippen molar-refractivity contribution in [3.05, 3.63) is 0 Å². The summed E-state index contributed by atoms with van der Waals surface area (Å²) < 4.78 is 10.5. The number of likely N-dealkylation sites (tertiary alicyclic amines) is 1. The first kappa shape index (κ1) is 14.2. The molecule has 1 spiro atoms. The van der Waals surface area contributed by atoms with E-state index in [9.17, 15) is 9.59 Å². The van der Waals surface area contributed by atoms with E-state index in [1.807, 2.05) is 20.8 Å². The molecule has 1 saturated carbocycles. The summed E-state index contributed by atoms with van der Waals surface area (Å²) in [5, 5.41) is 0. The zero-order valence-electron chi connectivity index (χ0n) is 12.2. The van der Waals surface area contributed by atoms with Crippen molar-refractivity contribution in [2.75, 3.05) is 19.7 Å². The molecule has 0 unspecified atom stereocenters. The molecule has 0 aromatic carbocycles. The summed E-state index contributed by atoms with van der Waals surface area (Å²) in [5.74, 6) is -0.00423. The van der Waals surface area contributed by atoms with Gasteiger partial charge in [0.05, 0.1) is 6.61 Å². The molecule has 5 heteroatoms. The third kappa shape index (κ3) is 3.39. The molecule has 1 saturated heterocycles. The number of nitrogens with zero attached hydrogens (tertiary/aromatic N) is 1. The summed E-state index contributed by atoms with van der Waals surface area (Å²) in [4.78, 5) is 24.7. The van der Waals surface area contributed by atoms with Crippen LogP contribution in [0.15, 0.2) is 0 Å². The van der Waals surface area contributed by atoms with Gasteiger partial charge in [-0.25, -0.2) is 4.79 Å². The SMILES string of the molecule is CC(=O)OC[C@H]1CN(C(=O)OC(C)(C)C)CC12CC2. The lowest BCUT2D eigenvalue weighted by Crippen LogP contribution is -2.35. The molecule has 1 amide bonds. The molecule has 1 aliphatic heterocycles. The highest BCUT2D eigenvalue weighted by Crippen LogP contribution is 2.56. The van der Waals surface area contributed by atoms with Gasteiger partial charge in [0.2, 0.25) is 0 Å². The molecule has 2 aliphatic rings. The fourth-order valence-corrected chi connectivity index (χ4v) is 2.67. The maximum Gasteiger partial charge on any atom is 0.410 e. The van der Waals surface area contributed by atoms with Crippen molar-refractivity contribution >= 4 is 12.1 Å². The van der Waals surface area contributed by atoms with Crippen LogP contribution < -0.4 is 0 Å². The lowest BCUT2D eigenvalue weighted by Gasteiger charge is -2.24. The topological polar surface area (TPSA) is 55.8 Å². The minimum atomic E-state index is -0.470. The van der Waals surface area contributed by atoms with Crippen molar-refractivity contribution in [3.8, 4) is 0 Å². The van der Waals surface area contributed by atoms with Crippen LogP contribution in [0.5, 0.6) is 0 Å². The molecule has 1 atom stereocenters. The van der Waals surface area contributed by atoms with E-state index in [0.717, 1.165) is 19.4 Å². The Morgan fingerprint density at radius 1 is 1.32 bits per heavy atom. The molecule has 19 heavy (non-hydrogen) atoms. The van der Waals surface area contributed by atoms with Gasteiger partial charge in [-0.2, -0.15) is 0 Å². The average molecular weight is 269 g/mol. The third-order valence-corrected chi connectivity index (χ3v) is 3.84. The van der Waals surface area contributed by atoms with Gasteiger partial charge in [-0.1, -0.05) is 0 Å². The van der Waals surface area contributed by atoms with E-state index in [2.05, 4.69) is 0 Å². The summed E-state index contributed by atoms with van der Waals surface area (Å²) in [6, 6.07) is 0. The molecular formula is C14H23NO4. The standard InChI is InChI=1S/C14H23NO4/c1-10(16)18-8-11-7-15(9-14(11)5-6-14)12(17)19-13(2,3)4/h11H,5-9H2,1-4H3/t11-/m1/s1. The van der Waals surface area contributed by atoms with E-state index in [1.54, 1.807) is 4.90 Å². The van der Waals surface area contributed by atoms with Crippen LogP contribution in [0.4, 0.5) is 4.79 Å². The highest BCUT2D eigenvalue weighted by molar-refractivity contribution is 5.69. The van der Waals surface area contributed by atoms with Gasteiger partial charge in [0.25, 0.3) is 0 Å². The van der Waals surface area contributed by atoms with E-state index in [-0.39, 0.29) is 23.4 Å². The Kier molecular flexibility index (Phi) is 3.49. The number of carbonyl (C=O) groups excluding carboxylic acids is 2. The summed E-state index contributed by atoms with van der Waals surface area (Å²) >= 11 is 0. The number of rotatable bonds is 2. The second kappa shape index (κ2) is 4.69. The van der Waals surface area contributed by atoms with Gasteiger partial charge in [-0.3, -0.25) is 4.79 Å². The maximum absolute atomic E-state index is 12.1. The number of hydrogen-bond acceptors (Lipinski definition) is 4. The normalized spacial score (nSPS) is 24.4. The van der Waals surface area contributed by atoms with Crippen molar-refractivity contribution < 1.29 is 19.1 Å². The molecule has 1 aliphatic carbocycles. The van der Waals surface area contributed by atoms with Crippen LogP contribution in [0.25, 0.3) is 0 Å². The third-order valence-electron chi connectivity index (χ3n) is 3.84. The van der Waals surface area contributed by atoms with Crippen LogP contribution in [0.2, 0.25) is 0 Å². The van der Waals surface area contributed by atoms with Gasteiger partial charge in [0.15, 0.2) is 0 Å². The highest BCUT2D eigenvalue weighted by Gasteiger charge is 2.56. The van der Waals surface area contributed by atoms with Crippen LogP contribution in [0.1, 0.15) is 40.5 Å². The van der Waals surface area contributed by atoms with Gasteiger partial charge in [0.1, 0.15) is 5.60 Å². The Bertz CT molecular complexity index is 381. The lowest BCUT2D eigenvalue weighted by molar-refractivity contribution is -0.142. The smallest absolute Gasteiger partial charge is 0.410 e. The van der Waals surface area contributed by atoms with E-state index >= 15 is 0 Å². The molecule has 5 nitrogen and oxygen atoms in total. The van der Waals surface area contributed by atoms with Crippen LogP contribution in [0, 0.1) is 11.3 Å². The van der Waals surface area contributed by atoms with Crippen LogP contribution in [0.3, 0.4) is 0 Å². The van der Waals surface area contributed by atoms with E-state index < -0.39 is 5.60 Å². The quantitative estimate of drug-likeness (QED) is 0.721. The Balaban J connectivity index is 1.92. The Labute approximate surface area is 114 Å². The first-order valence-corrected chi connectivity index (χ1v) is 6.83. The van der Waals surface area contributed by atoms with Crippen LogP contribution >= 0.6 is 0 Å². The van der Waals surface area contributed by atoms with Crippen molar-refractivity contribution in [1.29, 1.82) is 0 Å². The number of amides is 1. The summed E-state index contributed by atoms with van der Waals surface area (Å²) in [6.45, 7) is 8.78. The van der Waals surface area contributed by atoms with Gasteiger partial charge >= 0.3 is 12.1 Å². The minimum absolute atomic E-state index is 0.173. The molecule has 0 N–H and O–H groups in total. The van der Waals surface area contributed by atoms with Crippen LogP contribution in [-0.4, -0.2) is 42.3 Å². The monoisotopic (exact) mass is 269 g/mol. The van der Waals surface area contributed by atoms with Crippen LogP contribution in [-0.2, 0) is 14.3 Å². The molecule has 0 aromatic heterocycles. The maximum atomic E-state index is 12.1. The highest BCUT2D eigenvalue weighted by atomic mass is 16.6. The number of carbonyl (C=O) groups is 2. The van der Waals surface area contributed by atoms with Gasteiger partial charge in [0, 0.05) is 25.9 Å². The first-order valence-electron chi connectivity index (χ1n) is 6.83. The summed E-state index contributed by atoms with van der Waals surface area (Å²) in [6.07, 6.45) is 1.96. The molecule has 0 aromatic rings. The van der Waals surface area contributed by atoms with Gasteiger partial charge in [-0.05, 0) is 39.0 Å². The van der Waals surface area contributed by atoms with Gasteiger partial charge in [-0.15, -0.1) is 0 Å². The van der Waals surface area contributed by atoms with Crippen molar-refractivity contribution in [1.82, 2.24) is 4.90 Å². The lowest BCUT2D eigenvalue weighted by atomic mass is 9.94. The summed E-state index contributed by atoms with van der Waals surface area (Å²) in [5.41, 5.74) is -0.297. The largest absolute Gasteiger partial charge is 0.465 e. The molecule has 2 rings (SSSR count). The molecule has 108 valence electrons. The van der Waals surface area contributed by atoms with Gasteiger partial charge < -0.3 is 14.4 Å². The first-order chi connectivity index (χ1) is 8.72. The molecule has 1 heterocycles. The number of hydrogen-bond donors (Lipinski definition) is 0. The average Bonchev–Trinajstić information content (AvgIpc) is 2.88. The van der Waals surface area contributed by atoms with Crippen molar-refractivity contribution in [2.45, 2.75) is 46.1 Å². The molecule has 0 bridgehead atoms. The molecule has 2 fully saturated rings. The Hall–Kier alpha value is -1.26. The zero-order valence-corrected chi connectivity index (χ0v) is 12.2. The summed E-state index contributed by atoms with van der Waals surface area (Å²) in [7, 11) is 0. The second-order valence-corrected chi connectivity index (χ2v) is 6.72. The van der Waals surface area contributed by atoms with Crippen molar-refractivity contribution in [2.24, 2.45) is 11.3 Å². The minimum Gasteiger partial charge on any atom is -0.465 e. The fourth-order valence-electron chi connectivity index (χ4n) is 2.67. The Morgan fingerprint density at radius 3 is 2.42 bits per heavy atom. The number of ether oxygens (including phenoxy) is 2.